The minimum atomic E-state index is -1.59. The number of carboxylic acids is 1. The van der Waals surface area contributed by atoms with E-state index in [9.17, 15) is 34.2 Å². The zero-order valence-corrected chi connectivity index (χ0v) is 21.3. The molecule has 0 radical (unpaired) electrons. The van der Waals surface area contributed by atoms with E-state index in [2.05, 4.69) is 15.6 Å². The lowest BCUT2D eigenvalue weighted by molar-refractivity contribution is -0.143. The number of aliphatic hydroxyl groups excluding tert-OH is 1. The molecule has 1 heterocycles. The van der Waals surface area contributed by atoms with Crippen LogP contribution in [0.15, 0.2) is 94.5 Å². The zero-order valence-electron chi connectivity index (χ0n) is 21.3. The molecule has 40 heavy (non-hydrogen) atoms. The summed E-state index contributed by atoms with van der Waals surface area (Å²) >= 11 is 0. The first-order chi connectivity index (χ1) is 19.3. The molecule has 5 N–H and O–H groups in total. The van der Waals surface area contributed by atoms with Gasteiger partial charge in [-0.05, 0) is 23.3 Å². The summed E-state index contributed by atoms with van der Waals surface area (Å²) in [6, 6.07) is 19.7. The minimum Gasteiger partial charge on any atom is -0.480 e. The number of H-pyrrole nitrogens is 1. The molecule has 3 atom stereocenters. The third kappa shape index (κ3) is 6.51. The van der Waals surface area contributed by atoms with Crippen molar-refractivity contribution in [3.8, 4) is 0 Å². The molecule has 0 unspecified atom stereocenters. The van der Waals surface area contributed by atoms with E-state index in [1.54, 1.807) is 78.9 Å². The maximum atomic E-state index is 13.8. The molecule has 2 amide bonds. The van der Waals surface area contributed by atoms with Crippen molar-refractivity contribution in [1.29, 1.82) is 0 Å². The van der Waals surface area contributed by atoms with Crippen LogP contribution < -0.4 is 21.9 Å². The first kappa shape index (κ1) is 28.0. The Morgan fingerprint density at radius 3 is 1.90 bits per heavy atom. The molecule has 11 heteroatoms. The number of carbonyl (C=O) groups excluding carboxylic acids is 2. The molecule has 3 aromatic carbocycles. The Bertz CT molecular complexity index is 1620. The van der Waals surface area contributed by atoms with E-state index in [0.29, 0.717) is 16.6 Å². The Kier molecular flexibility index (Phi) is 8.87. The predicted molar refractivity (Wildman–Crippen MR) is 147 cm³/mol. The molecule has 4 rings (SSSR count). The molecule has 4 aromatic rings. The smallest absolute Gasteiger partial charge is 0.329 e. The van der Waals surface area contributed by atoms with Crippen LogP contribution in [0.25, 0.3) is 10.9 Å². The van der Waals surface area contributed by atoms with Gasteiger partial charge in [-0.2, -0.15) is 0 Å². The van der Waals surface area contributed by atoms with Crippen LogP contribution in [0.5, 0.6) is 0 Å². The van der Waals surface area contributed by atoms with Crippen molar-refractivity contribution in [3.05, 3.63) is 117 Å². The summed E-state index contributed by atoms with van der Waals surface area (Å²) in [7, 11) is 0. The maximum Gasteiger partial charge on any atom is 0.329 e. The average molecular weight is 545 g/mol. The molecular weight excluding hydrogens is 516 g/mol. The number of carbonyl (C=O) groups is 3. The fourth-order valence-corrected chi connectivity index (χ4v) is 4.38. The van der Waals surface area contributed by atoms with Crippen molar-refractivity contribution < 1.29 is 24.6 Å². The van der Waals surface area contributed by atoms with Crippen LogP contribution in [0.2, 0.25) is 0 Å². The molecule has 0 bridgehead atoms. The van der Waals surface area contributed by atoms with Gasteiger partial charge in [0.15, 0.2) is 0 Å². The SMILES string of the molecule is O=C(O)[C@H](CO)NC(=O)[C@H](Cc1ccccc1)NC(=O)[C@H](Cc1ccccc1)n1c(=O)[nH]c2ccccc2c1=O. The number of carboxylic acid groups (broad SMARTS) is 1. The number of benzene rings is 3. The Morgan fingerprint density at radius 2 is 1.30 bits per heavy atom. The second-order valence-corrected chi connectivity index (χ2v) is 9.19. The standard InChI is InChI=1S/C29H28N4O7/c34-17-23(28(38)39)31-25(35)22(15-18-9-3-1-4-10-18)30-26(36)24(16-19-11-5-2-6-12-19)33-27(37)20-13-7-8-14-21(20)32-29(33)40/h1-14,22-24,34H,15-17H2,(H,30,36)(H,31,35)(H,32,40)(H,38,39)/t22-,23-,24-/m0/s1. The first-order valence-corrected chi connectivity index (χ1v) is 12.5. The summed E-state index contributed by atoms with van der Waals surface area (Å²) in [6.07, 6.45) is -0.0563. The van der Waals surface area contributed by atoms with Gasteiger partial charge in [0.05, 0.1) is 17.5 Å². The molecule has 206 valence electrons. The molecule has 1 aromatic heterocycles. The van der Waals surface area contributed by atoms with Crippen molar-refractivity contribution in [2.45, 2.75) is 31.0 Å². The number of aliphatic carboxylic acids is 1. The number of fused-ring (bicyclic) bond motifs is 1. The normalized spacial score (nSPS) is 13.2. The molecule has 0 spiro atoms. The van der Waals surface area contributed by atoms with Gasteiger partial charge in [0.2, 0.25) is 11.8 Å². The molecule has 0 aliphatic carbocycles. The number of aromatic nitrogens is 2. The largest absolute Gasteiger partial charge is 0.480 e. The van der Waals surface area contributed by atoms with E-state index in [0.717, 1.165) is 4.57 Å². The zero-order chi connectivity index (χ0) is 28.6. The Balaban J connectivity index is 1.74. The summed E-state index contributed by atoms with van der Waals surface area (Å²) in [5, 5.41) is 23.7. The molecular formula is C29H28N4O7. The molecule has 11 nitrogen and oxygen atoms in total. The summed E-state index contributed by atoms with van der Waals surface area (Å²) in [5.41, 5.74) is 0.176. The van der Waals surface area contributed by atoms with Gasteiger partial charge in [-0.25, -0.2) is 14.2 Å². The average Bonchev–Trinajstić information content (AvgIpc) is 2.95. The number of aromatic amines is 1. The van der Waals surface area contributed by atoms with E-state index >= 15 is 0 Å². The summed E-state index contributed by atoms with van der Waals surface area (Å²) in [6.45, 7) is -0.856. The van der Waals surface area contributed by atoms with Gasteiger partial charge in [-0.15, -0.1) is 0 Å². The number of nitrogens with one attached hydrogen (secondary N) is 3. The van der Waals surface area contributed by atoms with Crippen LogP contribution in [0.3, 0.4) is 0 Å². The van der Waals surface area contributed by atoms with Crippen molar-refractivity contribution in [1.82, 2.24) is 20.2 Å². The maximum absolute atomic E-state index is 13.8. The van der Waals surface area contributed by atoms with Crippen molar-refractivity contribution in [2.24, 2.45) is 0 Å². The van der Waals surface area contributed by atoms with E-state index in [-0.39, 0.29) is 18.2 Å². The number of rotatable bonds is 11. The van der Waals surface area contributed by atoms with Gasteiger partial charge in [0, 0.05) is 12.8 Å². The second-order valence-electron chi connectivity index (χ2n) is 9.19. The molecule has 0 aliphatic rings. The van der Waals surface area contributed by atoms with Gasteiger partial charge in [-0.1, -0.05) is 72.8 Å². The highest BCUT2D eigenvalue weighted by Gasteiger charge is 2.31. The highest BCUT2D eigenvalue weighted by atomic mass is 16.4. The van der Waals surface area contributed by atoms with Crippen LogP contribution >= 0.6 is 0 Å². The third-order valence-corrected chi connectivity index (χ3v) is 6.44. The lowest BCUT2D eigenvalue weighted by Gasteiger charge is -2.24. The van der Waals surface area contributed by atoms with E-state index in [1.807, 2.05) is 0 Å². The number of para-hydroxylation sites is 1. The number of amides is 2. The lowest BCUT2D eigenvalue weighted by Crippen LogP contribution is -2.55. The lowest BCUT2D eigenvalue weighted by atomic mass is 10.0. The Morgan fingerprint density at radius 1 is 0.750 bits per heavy atom. The summed E-state index contributed by atoms with van der Waals surface area (Å²) in [4.78, 5) is 67.6. The predicted octanol–water partition coefficient (Wildman–Crippen LogP) is 0.763. The van der Waals surface area contributed by atoms with Crippen molar-refractivity contribution >= 4 is 28.7 Å². The topological polar surface area (TPSA) is 171 Å². The molecule has 0 saturated heterocycles. The van der Waals surface area contributed by atoms with Crippen molar-refractivity contribution in [3.63, 3.8) is 0 Å². The minimum absolute atomic E-state index is 0.0167. The number of hydrogen-bond acceptors (Lipinski definition) is 6. The number of aliphatic hydroxyl groups is 1. The fraction of sp³-hybridized carbons (Fsp3) is 0.207. The summed E-state index contributed by atoms with van der Waals surface area (Å²) < 4.78 is 0.829. The van der Waals surface area contributed by atoms with E-state index in [1.165, 1.54) is 6.07 Å². The Labute approximate surface area is 228 Å². The monoisotopic (exact) mass is 544 g/mol. The summed E-state index contributed by atoms with van der Waals surface area (Å²) in [5.74, 6) is -3.09. The van der Waals surface area contributed by atoms with E-state index < -0.39 is 53.8 Å². The van der Waals surface area contributed by atoms with Crippen LogP contribution in [-0.2, 0) is 27.2 Å². The van der Waals surface area contributed by atoms with Crippen LogP contribution in [0.1, 0.15) is 17.2 Å². The van der Waals surface area contributed by atoms with Crippen LogP contribution in [0, 0.1) is 0 Å². The fourth-order valence-electron chi connectivity index (χ4n) is 4.38. The Hall–Kier alpha value is -5.03. The second kappa shape index (κ2) is 12.7. The van der Waals surface area contributed by atoms with Gasteiger partial charge in [0.1, 0.15) is 18.1 Å². The van der Waals surface area contributed by atoms with Gasteiger partial charge >= 0.3 is 11.7 Å². The molecule has 0 fully saturated rings. The van der Waals surface area contributed by atoms with Crippen LogP contribution in [-0.4, -0.2) is 56.2 Å². The molecule has 0 aliphatic heterocycles. The first-order valence-electron chi connectivity index (χ1n) is 12.5. The van der Waals surface area contributed by atoms with E-state index in [4.69, 9.17) is 0 Å². The van der Waals surface area contributed by atoms with Gasteiger partial charge in [-0.3, -0.25) is 14.4 Å². The highest BCUT2D eigenvalue weighted by molar-refractivity contribution is 5.92. The van der Waals surface area contributed by atoms with Gasteiger partial charge < -0.3 is 25.8 Å². The van der Waals surface area contributed by atoms with Crippen molar-refractivity contribution in [2.75, 3.05) is 6.61 Å². The third-order valence-electron chi connectivity index (χ3n) is 6.44. The quantitative estimate of drug-likeness (QED) is 0.186. The van der Waals surface area contributed by atoms with Crippen LogP contribution in [0.4, 0.5) is 0 Å². The highest BCUT2D eigenvalue weighted by Crippen LogP contribution is 2.15. The van der Waals surface area contributed by atoms with Gasteiger partial charge in [0.25, 0.3) is 5.56 Å². The number of nitrogens with zero attached hydrogens (tertiary/aromatic N) is 1. The number of hydrogen-bond donors (Lipinski definition) is 5. The molecule has 0 saturated carbocycles.